The summed E-state index contributed by atoms with van der Waals surface area (Å²) < 4.78 is 27.7. The number of aromatic nitrogens is 3. The Morgan fingerprint density at radius 2 is 1.72 bits per heavy atom. The van der Waals surface area contributed by atoms with Gasteiger partial charge in [-0.05, 0) is 54.8 Å². The molecular weight excluding hydrogens is 370 g/mol. The highest BCUT2D eigenvalue weighted by Crippen LogP contribution is 2.33. The molecular formula is C23H18F2N4. The second-order valence-corrected chi connectivity index (χ2v) is 7.16. The number of halogens is 2. The highest BCUT2D eigenvalue weighted by atomic mass is 19.1. The van der Waals surface area contributed by atoms with E-state index in [0.717, 1.165) is 54.3 Å². The monoisotopic (exact) mass is 388 g/mol. The van der Waals surface area contributed by atoms with Gasteiger partial charge in [-0.1, -0.05) is 6.07 Å². The van der Waals surface area contributed by atoms with Gasteiger partial charge in [0, 0.05) is 48.1 Å². The molecule has 2 aromatic heterocycles. The fourth-order valence-corrected chi connectivity index (χ4v) is 3.80. The average Bonchev–Trinajstić information content (AvgIpc) is 3.28. The Kier molecular flexibility index (Phi) is 4.39. The molecule has 1 saturated heterocycles. The zero-order valence-electron chi connectivity index (χ0n) is 15.6. The van der Waals surface area contributed by atoms with Gasteiger partial charge in [-0.15, -0.1) is 0 Å². The smallest absolute Gasteiger partial charge is 0.163 e. The molecule has 5 rings (SSSR count). The van der Waals surface area contributed by atoms with Crippen molar-refractivity contribution < 1.29 is 8.78 Å². The molecule has 0 saturated carbocycles. The first-order valence-corrected chi connectivity index (χ1v) is 9.61. The van der Waals surface area contributed by atoms with Crippen LogP contribution in [0, 0.1) is 11.6 Å². The van der Waals surface area contributed by atoms with Gasteiger partial charge in [0.1, 0.15) is 17.5 Å². The molecule has 144 valence electrons. The summed E-state index contributed by atoms with van der Waals surface area (Å²) in [6.45, 7) is 1.85. The quantitative estimate of drug-likeness (QED) is 0.481. The number of hydrogen-bond acceptors (Lipinski definition) is 4. The van der Waals surface area contributed by atoms with Crippen molar-refractivity contribution in [3.05, 3.63) is 72.6 Å². The lowest BCUT2D eigenvalue weighted by molar-refractivity contribution is 0.585. The minimum atomic E-state index is -0.589. The van der Waals surface area contributed by atoms with E-state index in [1.54, 1.807) is 12.4 Å². The minimum absolute atomic E-state index is 0.358. The fourth-order valence-electron chi connectivity index (χ4n) is 3.80. The van der Waals surface area contributed by atoms with Crippen molar-refractivity contribution in [1.29, 1.82) is 0 Å². The van der Waals surface area contributed by atoms with Crippen molar-refractivity contribution in [2.24, 2.45) is 0 Å². The van der Waals surface area contributed by atoms with Crippen molar-refractivity contribution in [2.75, 3.05) is 18.0 Å². The summed E-state index contributed by atoms with van der Waals surface area (Å²) in [6.07, 6.45) is 5.69. The number of rotatable bonds is 3. The molecule has 1 aliphatic rings. The van der Waals surface area contributed by atoms with Crippen LogP contribution in [0.3, 0.4) is 0 Å². The molecule has 4 aromatic rings. The maximum atomic E-state index is 14.3. The van der Waals surface area contributed by atoms with E-state index >= 15 is 0 Å². The maximum Gasteiger partial charge on any atom is 0.163 e. The van der Waals surface area contributed by atoms with E-state index in [4.69, 9.17) is 9.97 Å². The van der Waals surface area contributed by atoms with E-state index in [1.165, 1.54) is 12.1 Å². The highest BCUT2D eigenvalue weighted by Gasteiger charge is 2.20. The van der Waals surface area contributed by atoms with Gasteiger partial charge in [0.15, 0.2) is 5.82 Å². The summed E-state index contributed by atoms with van der Waals surface area (Å²) in [4.78, 5) is 16.0. The standard InChI is InChI=1S/C23H18F2N4/c24-17-6-7-18(20(25)13-17)15-5-8-21-19(12-15)23(29-10-1-2-11-29)28-22(27-21)16-4-3-9-26-14-16/h3-9,12-14H,1-2,10-11H2. The normalized spacial score (nSPS) is 13.9. The Hall–Kier alpha value is -3.41. The molecule has 0 spiro atoms. The topological polar surface area (TPSA) is 41.9 Å². The first-order valence-electron chi connectivity index (χ1n) is 9.61. The molecule has 0 amide bonds. The Balaban J connectivity index is 1.71. The van der Waals surface area contributed by atoms with E-state index < -0.39 is 11.6 Å². The molecule has 0 atom stereocenters. The molecule has 0 aliphatic carbocycles. The molecule has 4 nitrogen and oxygen atoms in total. The third kappa shape index (κ3) is 3.31. The van der Waals surface area contributed by atoms with Crippen molar-refractivity contribution >= 4 is 16.7 Å². The third-order valence-corrected chi connectivity index (χ3v) is 5.24. The second-order valence-electron chi connectivity index (χ2n) is 7.16. The molecule has 0 N–H and O–H groups in total. The van der Waals surface area contributed by atoms with Crippen LogP contribution >= 0.6 is 0 Å². The van der Waals surface area contributed by atoms with E-state index in [-0.39, 0.29) is 0 Å². The lowest BCUT2D eigenvalue weighted by Crippen LogP contribution is -2.20. The minimum Gasteiger partial charge on any atom is -0.356 e. The Morgan fingerprint density at radius 3 is 2.48 bits per heavy atom. The number of fused-ring (bicyclic) bond motifs is 1. The fraction of sp³-hybridized carbons (Fsp3) is 0.174. The van der Waals surface area contributed by atoms with Gasteiger partial charge < -0.3 is 4.90 Å². The number of hydrogen-bond donors (Lipinski definition) is 0. The van der Waals surface area contributed by atoms with Crippen molar-refractivity contribution in [1.82, 2.24) is 15.0 Å². The molecule has 0 bridgehead atoms. The predicted octanol–water partition coefficient (Wildman–Crippen LogP) is 5.24. The molecule has 1 aliphatic heterocycles. The van der Waals surface area contributed by atoms with Crippen molar-refractivity contribution in [3.63, 3.8) is 0 Å². The van der Waals surface area contributed by atoms with Crippen LogP contribution in [0.2, 0.25) is 0 Å². The molecule has 3 heterocycles. The SMILES string of the molecule is Fc1ccc(-c2ccc3nc(-c4cccnc4)nc(N4CCCC4)c3c2)c(F)c1. The molecule has 29 heavy (non-hydrogen) atoms. The molecule has 0 radical (unpaired) electrons. The van der Waals surface area contributed by atoms with Gasteiger partial charge in [-0.25, -0.2) is 18.7 Å². The largest absolute Gasteiger partial charge is 0.356 e. The van der Waals surface area contributed by atoms with Gasteiger partial charge >= 0.3 is 0 Å². The summed E-state index contributed by atoms with van der Waals surface area (Å²) >= 11 is 0. The van der Waals surface area contributed by atoms with Crippen LogP contribution < -0.4 is 4.90 Å². The van der Waals surface area contributed by atoms with Gasteiger partial charge in [0.25, 0.3) is 0 Å². The summed E-state index contributed by atoms with van der Waals surface area (Å²) in [6, 6.07) is 13.0. The van der Waals surface area contributed by atoms with Crippen molar-refractivity contribution in [3.8, 4) is 22.5 Å². The summed E-state index contributed by atoms with van der Waals surface area (Å²) in [5.74, 6) is 0.290. The first-order chi connectivity index (χ1) is 14.2. The van der Waals surface area contributed by atoms with E-state index in [2.05, 4.69) is 9.88 Å². The summed E-state index contributed by atoms with van der Waals surface area (Å²) in [7, 11) is 0. The van der Waals surface area contributed by atoms with Crippen LogP contribution in [0.1, 0.15) is 12.8 Å². The van der Waals surface area contributed by atoms with Crippen LogP contribution in [-0.2, 0) is 0 Å². The van der Waals surface area contributed by atoms with Crippen LogP contribution in [0.15, 0.2) is 60.9 Å². The Bertz CT molecular complexity index is 1190. The zero-order chi connectivity index (χ0) is 19.8. The predicted molar refractivity (Wildman–Crippen MR) is 110 cm³/mol. The number of anilines is 1. The number of pyridine rings is 1. The van der Waals surface area contributed by atoms with E-state index in [9.17, 15) is 8.78 Å². The van der Waals surface area contributed by atoms with Gasteiger partial charge in [-0.2, -0.15) is 0 Å². The lowest BCUT2D eigenvalue weighted by Gasteiger charge is -2.20. The molecule has 2 aromatic carbocycles. The number of nitrogens with zero attached hydrogens (tertiary/aromatic N) is 4. The lowest BCUT2D eigenvalue weighted by atomic mass is 10.0. The van der Waals surface area contributed by atoms with Crippen LogP contribution in [0.25, 0.3) is 33.4 Å². The molecule has 6 heteroatoms. The van der Waals surface area contributed by atoms with Gasteiger partial charge in [0.05, 0.1) is 5.52 Å². The van der Waals surface area contributed by atoms with E-state index in [0.29, 0.717) is 17.0 Å². The van der Waals surface area contributed by atoms with E-state index in [1.807, 2.05) is 30.3 Å². The Labute approximate surface area is 166 Å². The van der Waals surface area contributed by atoms with Gasteiger partial charge in [-0.3, -0.25) is 4.98 Å². The molecule has 0 unspecified atom stereocenters. The van der Waals surface area contributed by atoms with Gasteiger partial charge in [0.2, 0.25) is 0 Å². The summed E-state index contributed by atoms with van der Waals surface area (Å²) in [5, 5.41) is 0.862. The first kappa shape index (κ1) is 17.7. The van der Waals surface area contributed by atoms with Crippen LogP contribution in [0.4, 0.5) is 14.6 Å². The zero-order valence-corrected chi connectivity index (χ0v) is 15.6. The second kappa shape index (κ2) is 7.20. The van der Waals surface area contributed by atoms with Crippen LogP contribution in [0.5, 0.6) is 0 Å². The maximum absolute atomic E-state index is 14.3. The Morgan fingerprint density at radius 1 is 0.862 bits per heavy atom. The number of benzene rings is 2. The summed E-state index contributed by atoms with van der Waals surface area (Å²) in [5.41, 5.74) is 2.67. The third-order valence-electron chi connectivity index (χ3n) is 5.24. The van der Waals surface area contributed by atoms with Crippen molar-refractivity contribution in [2.45, 2.75) is 12.8 Å². The average molecular weight is 388 g/mol. The van der Waals surface area contributed by atoms with Crippen LogP contribution in [-0.4, -0.2) is 28.0 Å². The highest BCUT2D eigenvalue weighted by molar-refractivity contribution is 5.94. The molecule has 1 fully saturated rings.